The summed E-state index contributed by atoms with van der Waals surface area (Å²) < 4.78 is 24.3. The number of hydrogen-bond acceptors (Lipinski definition) is 6. The van der Waals surface area contributed by atoms with Gasteiger partial charge in [-0.2, -0.15) is 0 Å². The van der Waals surface area contributed by atoms with E-state index in [9.17, 15) is 18.8 Å². The van der Waals surface area contributed by atoms with Gasteiger partial charge in [0, 0.05) is 5.56 Å². The molecule has 0 unspecified atom stereocenters. The van der Waals surface area contributed by atoms with Gasteiger partial charge in [0.25, 0.3) is 11.1 Å². The second-order valence-corrected chi connectivity index (χ2v) is 7.43. The van der Waals surface area contributed by atoms with E-state index in [0.29, 0.717) is 16.9 Å². The number of thioether (sulfide) groups is 1. The molecule has 0 N–H and O–H groups in total. The fourth-order valence-electron chi connectivity index (χ4n) is 2.80. The van der Waals surface area contributed by atoms with Gasteiger partial charge in [0.1, 0.15) is 24.2 Å². The van der Waals surface area contributed by atoms with Gasteiger partial charge in [-0.3, -0.25) is 14.5 Å². The van der Waals surface area contributed by atoms with Crippen LogP contribution in [0.4, 0.5) is 9.18 Å². The Balaban J connectivity index is 1.73. The molecule has 1 heterocycles. The molecule has 1 atom stereocenters. The minimum Gasteiger partial charge on any atom is -0.489 e. The predicted molar refractivity (Wildman–Crippen MR) is 111 cm³/mol. The quantitative estimate of drug-likeness (QED) is 0.480. The third-order valence-electron chi connectivity index (χ3n) is 4.35. The fraction of sp³-hybridized carbons (Fsp3) is 0.227. The van der Waals surface area contributed by atoms with Gasteiger partial charge in [0.2, 0.25) is 0 Å². The molecular weight excluding hydrogens is 409 g/mol. The maximum Gasteiger partial charge on any atom is 0.329 e. The lowest BCUT2D eigenvalue weighted by Gasteiger charge is -2.19. The maximum absolute atomic E-state index is 13.7. The number of hydrogen-bond donors (Lipinski definition) is 0. The second kappa shape index (κ2) is 9.58. The molecule has 0 bridgehead atoms. The molecule has 2 aromatic carbocycles. The normalized spacial score (nSPS) is 16.1. The molecule has 1 aliphatic rings. The van der Waals surface area contributed by atoms with Crippen LogP contribution >= 0.6 is 11.8 Å². The Bertz CT molecular complexity index is 1010. The van der Waals surface area contributed by atoms with E-state index in [-0.39, 0.29) is 23.9 Å². The molecule has 0 saturated carbocycles. The largest absolute Gasteiger partial charge is 0.489 e. The number of ether oxygens (including phenoxy) is 2. The third kappa shape index (κ3) is 4.88. The number of esters is 1. The zero-order chi connectivity index (χ0) is 21.7. The number of carbonyl (C=O) groups is 3. The van der Waals surface area contributed by atoms with Crippen LogP contribution in [-0.2, 0) is 20.9 Å². The van der Waals surface area contributed by atoms with E-state index in [2.05, 4.69) is 0 Å². The van der Waals surface area contributed by atoms with Crippen LogP contribution in [0.15, 0.2) is 53.4 Å². The summed E-state index contributed by atoms with van der Waals surface area (Å²) in [6.07, 6.45) is 1.55. The highest BCUT2D eigenvalue weighted by atomic mass is 32.2. The standard InChI is InChI=1S/C22H20FNO5S/c1-3-28-21(26)14(2)24-20(25)19(30-22(24)27)12-15-7-6-9-17(11-15)29-13-16-8-4-5-10-18(16)23/h4-12,14H,3,13H2,1-2H3/b19-12+/t14-/m1/s1. The predicted octanol–water partition coefficient (Wildman–Crippen LogP) is 4.39. The van der Waals surface area contributed by atoms with Gasteiger partial charge in [0.05, 0.1) is 11.5 Å². The molecule has 0 spiro atoms. The Kier molecular flexibility index (Phi) is 6.89. The van der Waals surface area contributed by atoms with Gasteiger partial charge in [0.15, 0.2) is 0 Å². The topological polar surface area (TPSA) is 72.9 Å². The van der Waals surface area contributed by atoms with Crippen molar-refractivity contribution in [1.29, 1.82) is 0 Å². The van der Waals surface area contributed by atoms with E-state index >= 15 is 0 Å². The summed E-state index contributed by atoms with van der Waals surface area (Å²) in [6, 6.07) is 12.2. The number of nitrogens with zero attached hydrogens (tertiary/aromatic N) is 1. The SMILES string of the molecule is CCOC(=O)[C@@H](C)N1C(=O)S/C(=C/c2cccc(OCc3ccccc3F)c2)C1=O. The summed E-state index contributed by atoms with van der Waals surface area (Å²) in [5, 5.41) is -0.529. The average molecular weight is 429 g/mol. The number of amides is 2. The van der Waals surface area contributed by atoms with Crippen molar-refractivity contribution in [2.24, 2.45) is 0 Å². The molecule has 0 aliphatic carbocycles. The summed E-state index contributed by atoms with van der Waals surface area (Å²) in [7, 11) is 0. The lowest BCUT2D eigenvalue weighted by molar-refractivity contribution is -0.150. The summed E-state index contributed by atoms with van der Waals surface area (Å²) in [5.41, 5.74) is 1.06. The number of rotatable bonds is 7. The van der Waals surface area contributed by atoms with Crippen LogP contribution in [0.25, 0.3) is 6.08 Å². The summed E-state index contributed by atoms with van der Waals surface area (Å²) in [4.78, 5) is 37.9. The van der Waals surface area contributed by atoms with Gasteiger partial charge in [-0.25, -0.2) is 9.18 Å². The fourth-order valence-corrected chi connectivity index (χ4v) is 3.71. The molecule has 8 heteroatoms. The van der Waals surface area contributed by atoms with Gasteiger partial charge in [-0.15, -0.1) is 0 Å². The van der Waals surface area contributed by atoms with Crippen LogP contribution in [0.2, 0.25) is 0 Å². The van der Waals surface area contributed by atoms with E-state index in [4.69, 9.17) is 9.47 Å². The lowest BCUT2D eigenvalue weighted by Crippen LogP contribution is -2.42. The summed E-state index contributed by atoms with van der Waals surface area (Å²) in [5.74, 6) is -1.04. The molecule has 2 aromatic rings. The van der Waals surface area contributed by atoms with Crippen LogP contribution in [0.5, 0.6) is 5.75 Å². The van der Waals surface area contributed by atoms with Crippen molar-refractivity contribution < 1.29 is 28.2 Å². The molecule has 0 aromatic heterocycles. The molecule has 2 amide bonds. The van der Waals surface area contributed by atoms with E-state index in [1.807, 2.05) is 0 Å². The van der Waals surface area contributed by atoms with Crippen LogP contribution in [0, 0.1) is 5.82 Å². The van der Waals surface area contributed by atoms with Crippen molar-refractivity contribution >= 4 is 35.0 Å². The van der Waals surface area contributed by atoms with Gasteiger partial charge >= 0.3 is 5.97 Å². The molecule has 3 rings (SSSR count). The van der Waals surface area contributed by atoms with Crippen molar-refractivity contribution in [1.82, 2.24) is 4.90 Å². The van der Waals surface area contributed by atoms with Crippen molar-refractivity contribution in [2.75, 3.05) is 6.61 Å². The van der Waals surface area contributed by atoms with E-state index in [1.165, 1.54) is 13.0 Å². The molecule has 0 radical (unpaired) electrons. The minimum atomic E-state index is -1.00. The molecular formula is C22H20FNO5S. The van der Waals surface area contributed by atoms with E-state index in [1.54, 1.807) is 55.5 Å². The first-order chi connectivity index (χ1) is 14.4. The van der Waals surface area contributed by atoms with E-state index < -0.39 is 23.2 Å². The number of imide groups is 1. The highest BCUT2D eigenvalue weighted by Gasteiger charge is 2.41. The first kappa shape index (κ1) is 21.6. The zero-order valence-electron chi connectivity index (χ0n) is 16.5. The highest BCUT2D eigenvalue weighted by molar-refractivity contribution is 8.18. The van der Waals surface area contributed by atoms with Crippen molar-refractivity contribution in [2.45, 2.75) is 26.5 Å². The molecule has 1 aliphatic heterocycles. The Morgan fingerprint density at radius 3 is 2.70 bits per heavy atom. The third-order valence-corrected chi connectivity index (χ3v) is 5.23. The Hall–Kier alpha value is -3.13. The average Bonchev–Trinajstić information content (AvgIpc) is 3.00. The minimum absolute atomic E-state index is 0.0592. The van der Waals surface area contributed by atoms with Gasteiger partial charge in [-0.05, 0) is 55.4 Å². The first-order valence-electron chi connectivity index (χ1n) is 9.30. The Morgan fingerprint density at radius 1 is 1.20 bits per heavy atom. The number of carbonyl (C=O) groups excluding carboxylic acids is 3. The van der Waals surface area contributed by atoms with Crippen molar-refractivity contribution in [3.63, 3.8) is 0 Å². The van der Waals surface area contributed by atoms with Crippen LogP contribution < -0.4 is 4.74 Å². The lowest BCUT2D eigenvalue weighted by atomic mass is 10.2. The zero-order valence-corrected chi connectivity index (χ0v) is 17.3. The molecule has 6 nitrogen and oxygen atoms in total. The highest BCUT2D eigenvalue weighted by Crippen LogP contribution is 2.34. The maximum atomic E-state index is 13.7. The molecule has 1 fully saturated rings. The monoisotopic (exact) mass is 429 g/mol. The summed E-state index contributed by atoms with van der Waals surface area (Å²) in [6.45, 7) is 3.33. The van der Waals surface area contributed by atoms with E-state index in [0.717, 1.165) is 16.7 Å². The van der Waals surface area contributed by atoms with Crippen LogP contribution in [0.3, 0.4) is 0 Å². The second-order valence-electron chi connectivity index (χ2n) is 6.43. The Morgan fingerprint density at radius 2 is 1.97 bits per heavy atom. The first-order valence-corrected chi connectivity index (χ1v) is 10.1. The van der Waals surface area contributed by atoms with Crippen molar-refractivity contribution in [3.05, 3.63) is 70.4 Å². The van der Waals surface area contributed by atoms with Gasteiger partial charge < -0.3 is 9.47 Å². The Labute approximate surface area is 177 Å². The molecule has 156 valence electrons. The number of halogens is 1. The summed E-state index contributed by atoms with van der Waals surface area (Å²) >= 11 is 0.759. The number of benzene rings is 2. The molecule has 1 saturated heterocycles. The van der Waals surface area contributed by atoms with Crippen molar-refractivity contribution in [3.8, 4) is 5.75 Å². The van der Waals surface area contributed by atoms with Gasteiger partial charge in [-0.1, -0.05) is 30.3 Å². The van der Waals surface area contributed by atoms with Crippen LogP contribution in [-0.4, -0.2) is 34.7 Å². The molecule has 30 heavy (non-hydrogen) atoms. The van der Waals surface area contributed by atoms with Crippen LogP contribution in [0.1, 0.15) is 25.0 Å². The smallest absolute Gasteiger partial charge is 0.329 e.